The molecule has 0 heterocycles. The van der Waals surface area contributed by atoms with Crippen LogP contribution in [-0.2, 0) is 13.7 Å². The van der Waals surface area contributed by atoms with Crippen molar-refractivity contribution >= 4 is 29.7 Å². The van der Waals surface area contributed by atoms with E-state index in [2.05, 4.69) is 61.9 Å². The zero-order chi connectivity index (χ0) is 19.1. The summed E-state index contributed by atoms with van der Waals surface area (Å²) in [7, 11) is 0. The minimum absolute atomic E-state index is 0. The van der Waals surface area contributed by atoms with Gasteiger partial charge in [-0.1, -0.05) is 0 Å². The topological polar surface area (TPSA) is 80.3 Å². The molecular formula is C20H29LiNa2O4. The predicted molar refractivity (Wildman–Crippen MR) is 96.8 cm³/mol. The second kappa shape index (κ2) is 20.0. The summed E-state index contributed by atoms with van der Waals surface area (Å²) < 4.78 is 0.338. The molecule has 1 atom stereocenters. The smallest absolute Gasteiger partial charge is 1.00 e. The molecule has 1 aromatic rings. The van der Waals surface area contributed by atoms with Gasteiger partial charge in [0.25, 0.3) is 0 Å². The molecule has 0 saturated heterocycles. The molecule has 0 aliphatic rings. The second-order valence-corrected chi connectivity index (χ2v) is 7.04. The first-order valence-corrected chi connectivity index (χ1v) is 9.24. The van der Waals surface area contributed by atoms with Crippen LogP contribution in [0.25, 0.3) is 0 Å². The van der Waals surface area contributed by atoms with Crippen molar-refractivity contribution in [3.8, 4) is 0 Å². The fourth-order valence-electron chi connectivity index (χ4n) is 2.68. The van der Waals surface area contributed by atoms with E-state index in [9.17, 15) is 19.8 Å². The third kappa shape index (κ3) is 19.8. The quantitative estimate of drug-likeness (QED) is 0.221. The average Bonchev–Trinajstić information content (AvgIpc) is 2.54. The monoisotopic (exact) mass is 386 g/mol. The Kier molecular flexibility index (Phi) is 24.1. The van der Waals surface area contributed by atoms with Crippen LogP contribution in [-0.4, -0.2) is 29.7 Å². The minimum atomic E-state index is -1.63. The van der Waals surface area contributed by atoms with Gasteiger partial charge in [0, 0.05) is 18.4 Å². The van der Waals surface area contributed by atoms with Gasteiger partial charge < -0.3 is 19.8 Å². The molecule has 7 heteroatoms. The zero-order valence-electron chi connectivity index (χ0n) is 17.9. The van der Waals surface area contributed by atoms with E-state index >= 15 is 0 Å². The van der Waals surface area contributed by atoms with Crippen LogP contribution in [0.3, 0.4) is 0 Å². The Morgan fingerprint density at radius 1 is 0.889 bits per heavy atom. The van der Waals surface area contributed by atoms with E-state index in [1.54, 1.807) is 0 Å². The summed E-state index contributed by atoms with van der Waals surface area (Å²) >= 11 is 2.37. The fraction of sp³-hybridized carbons (Fsp3) is 0.600. The van der Waals surface area contributed by atoms with Crippen molar-refractivity contribution in [3.63, 3.8) is 0 Å². The first-order valence-electron chi connectivity index (χ1n) is 9.24. The standard InChI is InChI=1S/C17H27.C3H4O4.Li.2Na/c1-3-4-5-6-7-8-10-13-16(2)17-14-11-9-12-15-17;4-2(5)1-3(6)7;;;/h9,11-12,14-15H,3-8,10,13H2,1-2H3;1H2,(H,4,5)(H,6,7);;;/q;;;2*+1/p-2. The van der Waals surface area contributed by atoms with E-state index in [-0.39, 0.29) is 59.1 Å². The summed E-state index contributed by atoms with van der Waals surface area (Å²) in [5, 5.41) is 18.6. The normalized spacial score (nSPS) is 11.7. The number of carbonyl (C=O) groups is 2. The Morgan fingerprint density at radius 2 is 1.33 bits per heavy atom. The van der Waals surface area contributed by atoms with Crippen LogP contribution < -0.4 is 69.3 Å². The Labute approximate surface area is 218 Å². The van der Waals surface area contributed by atoms with Crippen molar-refractivity contribution < 1.29 is 78.9 Å². The van der Waals surface area contributed by atoms with E-state index in [0.29, 0.717) is 4.09 Å². The van der Waals surface area contributed by atoms with Gasteiger partial charge in [0.1, 0.15) is 0 Å². The Balaban J connectivity index is -0.000000552. The van der Waals surface area contributed by atoms with Crippen LogP contribution in [0.2, 0.25) is 0 Å². The van der Waals surface area contributed by atoms with E-state index in [4.69, 9.17) is 0 Å². The first-order chi connectivity index (χ1) is 11.8. The summed E-state index contributed by atoms with van der Waals surface area (Å²) in [5.74, 6) is -3.25. The molecule has 0 radical (unpaired) electrons. The van der Waals surface area contributed by atoms with Crippen molar-refractivity contribution in [2.75, 3.05) is 0 Å². The van der Waals surface area contributed by atoms with Gasteiger partial charge in [0.05, 0.1) is 0 Å². The van der Waals surface area contributed by atoms with Gasteiger partial charge in [-0.2, -0.15) is 0 Å². The Bertz CT molecular complexity index is 484. The van der Waals surface area contributed by atoms with Crippen molar-refractivity contribution in [3.05, 3.63) is 35.9 Å². The van der Waals surface area contributed by atoms with Crippen LogP contribution in [0.5, 0.6) is 0 Å². The molecule has 0 aliphatic carbocycles. The molecule has 0 fully saturated rings. The van der Waals surface area contributed by atoms with Crippen molar-refractivity contribution in [2.24, 2.45) is 0 Å². The maximum atomic E-state index is 9.28. The molecule has 1 unspecified atom stereocenters. The maximum Gasteiger partial charge on any atom is 1.00 e. The summed E-state index contributed by atoms with van der Waals surface area (Å²) in [6.07, 6.45) is 10.1. The summed E-state index contributed by atoms with van der Waals surface area (Å²) in [6.45, 7) is 4.65. The first kappa shape index (κ1) is 32.4. The van der Waals surface area contributed by atoms with Crippen molar-refractivity contribution in [1.29, 1.82) is 0 Å². The summed E-state index contributed by atoms with van der Waals surface area (Å²) in [6, 6.07) is 10.9. The fourth-order valence-corrected chi connectivity index (χ4v) is 2.68. The average molecular weight is 386 g/mol. The summed E-state index contributed by atoms with van der Waals surface area (Å²) in [5.41, 5.74) is 1.48. The third-order valence-corrected chi connectivity index (χ3v) is 4.25. The molecule has 0 spiro atoms. The van der Waals surface area contributed by atoms with Gasteiger partial charge in [-0.3, -0.25) is 0 Å². The number of carbonyl (C=O) groups excluding carboxylic acids is 2. The predicted octanol–water partition coefficient (Wildman–Crippen LogP) is -3.90. The molecule has 0 N–H and O–H groups in total. The number of unbranched alkanes of at least 4 members (excludes halogenated alkanes) is 6. The number of aliphatic carboxylic acids is 2. The number of rotatable bonds is 11. The van der Waals surface area contributed by atoms with Crippen LogP contribution in [0.1, 0.15) is 77.2 Å². The minimum Gasteiger partial charge on any atom is 1.00 e. The Morgan fingerprint density at radius 3 is 1.74 bits per heavy atom. The van der Waals surface area contributed by atoms with Gasteiger partial charge in [-0.25, -0.2) is 0 Å². The number of hydrogen-bond donors (Lipinski definition) is 0. The van der Waals surface area contributed by atoms with E-state index < -0.39 is 18.4 Å². The van der Waals surface area contributed by atoms with Crippen molar-refractivity contribution in [1.82, 2.24) is 0 Å². The van der Waals surface area contributed by atoms with Gasteiger partial charge in [0.2, 0.25) is 0 Å². The molecule has 1 rings (SSSR count). The molecular weight excluding hydrogens is 357 g/mol. The second-order valence-electron chi connectivity index (χ2n) is 7.04. The third-order valence-electron chi connectivity index (χ3n) is 4.25. The molecule has 136 valence electrons. The van der Waals surface area contributed by atoms with Gasteiger partial charge >= 0.3 is 182 Å². The van der Waals surface area contributed by atoms with Crippen LogP contribution in [0.15, 0.2) is 30.3 Å². The maximum absolute atomic E-state index is 9.28. The molecule has 4 nitrogen and oxygen atoms in total. The van der Waals surface area contributed by atoms with Gasteiger partial charge in [0.15, 0.2) is 0 Å². The zero-order valence-corrected chi connectivity index (χ0v) is 21.9. The SMILES string of the molecule is O=C([O-])CC(=O)[O-].[Li][C](C)(CCCCCCCCC)c1ccccc1.[Na+].[Na+]. The molecule has 0 amide bonds. The van der Waals surface area contributed by atoms with Crippen molar-refractivity contribution in [2.45, 2.75) is 75.7 Å². The summed E-state index contributed by atoms with van der Waals surface area (Å²) in [4.78, 5) is 18.6. The van der Waals surface area contributed by atoms with Gasteiger partial charge in [-0.15, -0.1) is 0 Å². The van der Waals surface area contributed by atoms with E-state index in [1.165, 1.54) is 56.9 Å². The molecule has 0 aliphatic heterocycles. The number of carboxylic acids is 2. The molecule has 0 aromatic heterocycles. The molecule has 0 bridgehead atoms. The molecule has 1 aromatic carbocycles. The van der Waals surface area contributed by atoms with Crippen LogP contribution in [0.4, 0.5) is 0 Å². The van der Waals surface area contributed by atoms with E-state index in [0.717, 1.165) is 0 Å². The Hall–Kier alpha value is 0.757. The number of carboxylic acid groups (broad SMARTS) is 2. The number of benzene rings is 1. The largest absolute Gasteiger partial charge is 1.00 e. The molecule has 27 heavy (non-hydrogen) atoms. The van der Waals surface area contributed by atoms with E-state index in [1.807, 2.05) is 0 Å². The van der Waals surface area contributed by atoms with Crippen LogP contribution in [0, 0.1) is 0 Å². The van der Waals surface area contributed by atoms with Crippen LogP contribution >= 0.6 is 0 Å². The van der Waals surface area contributed by atoms with Gasteiger partial charge in [-0.05, 0) is 0 Å². The molecule has 0 saturated carbocycles. The number of hydrogen-bond acceptors (Lipinski definition) is 4.